The van der Waals surface area contributed by atoms with Gasteiger partial charge in [0.2, 0.25) is 0 Å². The number of ether oxygens (including phenoxy) is 2. The Kier molecular flexibility index (Phi) is 5.08. The maximum absolute atomic E-state index is 5.42. The summed E-state index contributed by atoms with van der Waals surface area (Å²) in [5, 5.41) is 3.92. The SMILES string of the molecule is COc1ccc(CC[NH2+][C@@H]2CCCc3c2[nH]c2ccc(C)cc32)cc1OC. The van der Waals surface area contributed by atoms with Crippen LogP contribution >= 0.6 is 0 Å². The molecule has 3 N–H and O–H groups in total. The zero-order chi connectivity index (χ0) is 18.8. The van der Waals surface area contributed by atoms with E-state index in [0.717, 1.165) is 24.5 Å². The molecule has 1 atom stereocenters. The van der Waals surface area contributed by atoms with Crippen LogP contribution in [0, 0.1) is 6.92 Å². The summed E-state index contributed by atoms with van der Waals surface area (Å²) < 4.78 is 10.8. The number of quaternary nitrogens is 1. The van der Waals surface area contributed by atoms with Gasteiger partial charge in [0.15, 0.2) is 11.5 Å². The Morgan fingerprint density at radius 1 is 1.07 bits per heavy atom. The van der Waals surface area contributed by atoms with Crippen LogP contribution in [0.2, 0.25) is 0 Å². The summed E-state index contributed by atoms with van der Waals surface area (Å²) in [7, 11) is 3.36. The van der Waals surface area contributed by atoms with Gasteiger partial charge >= 0.3 is 0 Å². The largest absolute Gasteiger partial charge is 0.493 e. The van der Waals surface area contributed by atoms with Gasteiger partial charge in [-0.2, -0.15) is 0 Å². The fourth-order valence-corrected chi connectivity index (χ4v) is 4.33. The molecule has 0 spiro atoms. The lowest BCUT2D eigenvalue weighted by Crippen LogP contribution is -2.86. The molecule has 1 aromatic heterocycles. The molecular formula is C23H29N2O2+. The topological polar surface area (TPSA) is 50.9 Å². The molecule has 0 amide bonds. The molecule has 0 saturated carbocycles. The first kappa shape index (κ1) is 17.9. The highest BCUT2D eigenvalue weighted by molar-refractivity contribution is 5.85. The Balaban J connectivity index is 1.47. The van der Waals surface area contributed by atoms with Crippen LogP contribution in [0.15, 0.2) is 36.4 Å². The number of hydrogen-bond donors (Lipinski definition) is 2. The number of nitrogens with one attached hydrogen (secondary N) is 1. The van der Waals surface area contributed by atoms with E-state index in [0.29, 0.717) is 6.04 Å². The molecule has 1 aliphatic carbocycles. The number of methoxy groups -OCH3 is 2. The van der Waals surface area contributed by atoms with E-state index >= 15 is 0 Å². The molecule has 4 heteroatoms. The smallest absolute Gasteiger partial charge is 0.160 e. The van der Waals surface area contributed by atoms with Gasteiger partial charge in [0, 0.05) is 23.7 Å². The van der Waals surface area contributed by atoms with Gasteiger partial charge in [-0.05, 0) is 55.2 Å². The number of nitrogens with two attached hydrogens (primary N) is 1. The number of aromatic amines is 1. The van der Waals surface area contributed by atoms with Crippen LogP contribution in [0.3, 0.4) is 0 Å². The number of aryl methyl sites for hydroxylation is 2. The van der Waals surface area contributed by atoms with Crippen molar-refractivity contribution in [1.82, 2.24) is 4.98 Å². The number of hydrogen-bond acceptors (Lipinski definition) is 2. The van der Waals surface area contributed by atoms with Crippen LogP contribution < -0.4 is 14.8 Å². The monoisotopic (exact) mass is 365 g/mol. The molecular weight excluding hydrogens is 336 g/mol. The molecule has 1 aliphatic rings. The average molecular weight is 365 g/mol. The van der Waals surface area contributed by atoms with Crippen LogP contribution in [-0.2, 0) is 12.8 Å². The second-order valence-corrected chi connectivity index (χ2v) is 7.53. The molecule has 1 heterocycles. The highest BCUT2D eigenvalue weighted by Crippen LogP contribution is 2.33. The second-order valence-electron chi connectivity index (χ2n) is 7.53. The van der Waals surface area contributed by atoms with Crippen LogP contribution in [0.1, 0.15) is 41.3 Å². The normalized spacial score (nSPS) is 16.3. The summed E-state index contributed by atoms with van der Waals surface area (Å²) in [5.41, 5.74) is 6.88. The number of aromatic nitrogens is 1. The third kappa shape index (κ3) is 3.54. The first-order valence-electron chi connectivity index (χ1n) is 9.85. The summed E-state index contributed by atoms with van der Waals surface area (Å²) in [5.74, 6) is 1.59. The predicted molar refractivity (Wildman–Crippen MR) is 109 cm³/mol. The first-order valence-corrected chi connectivity index (χ1v) is 9.85. The first-order chi connectivity index (χ1) is 13.2. The van der Waals surface area contributed by atoms with Gasteiger partial charge in [0.1, 0.15) is 6.04 Å². The minimum Gasteiger partial charge on any atom is -0.493 e. The van der Waals surface area contributed by atoms with E-state index in [1.54, 1.807) is 14.2 Å². The fourth-order valence-electron chi connectivity index (χ4n) is 4.33. The maximum atomic E-state index is 5.42. The van der Waals surface area contributed by atoms with Gasteiger partial charge in [0.25, 0.3) is 0 Å². The molecule has 142 valence electrons. The van der Waals surface area contributed by atoms with Gasteiger partial charge in [-0.3, -0.25) is 0 Å². The summed E-state index contributed by atoms with van der Waals surface area (Å²) in [6.07, 6.45) is 4.72. The fraction of sp³-hybridized carbons (Fsp3) is 0.391. The van der Waals surface area contributed by atoms with Crippen molar-refractivity contribution >= 4 is 10.9 Å². The average Bonchev–Trinajstić information content (AvgIpc) is 3.06. The van der Waals surface area contributed by atoms with E-state index < -0.39 is 0 Å². The number of fused-ring (bicyclic) bond motifs is 3. The molecule has 0 radical (unpaired) electrons. The third-order valence-corrected chi connectivity index (χ3v) is 5.74. The van der Waals surface area contributed by atoms with Crippen LogP contribution in [0.25, 0.3) is 10.9 Å². The van der Waals surface area contributed by atoms with Gasteiger partial charge in [-0.1, -0.05) is 17.7 Å². The van der Waals surface area contributed by atoms with E-state index in [2.05, 4.69) is 47.6 Å². The van der Waals surface area contributed by atoms with Crippen LogP contribution in [0.5, 0.6) is 11.5 Å². The summed E-state index contributed by atoms with van der Waals surface area (Å²) in [6, 6.07) is 13.5. The standard InChI is InChI=1S/C23H28N2O2/c1-15-7-9-19-18(13-15)17-5-4-6-20(23(17)25-19)24-12-11-16-8-10-21(26-2)22(14-16)27-3/h7-10,13-14,20,24-25H,4-6,11-12H2,1-3H3/p+1/t20-/m1/s1. The van der Waals surface area contributed by atoms with Crippen molar-refractivity contribution < 1.29 is 14.8 Å². The highest BCUT2D eigenvalue weighted by atomic mass is 16.5. The van der Waals surface area contributed by atoms with Crippen LogP contribution in [-0.4, -0.2) is 25.7 Å². The van der Waals surface area contributed by atoms with E-state index in [1.165, 1.54) is 52.5 Å². The molecule has 4 rings (SSSR count). The van der Waals surface area contributed by atoms with Crippen molar-refractivity contribution in [2.24, 2.45) is 0 Å². The van der Waals surface area contributed by atoms with Crippen LogP contribution in [0.4, 0.5) is 0 Å². The Hall–Kier alpha value is -2.46. The van der Waals surface area contributed by atoms with Gasteiger partial charge < -0.3 is 19.8 Å². The molecule has 0 fully saturated rings. The summed E-state index contributed by atoms with van der Waals surface area (Å²) >= 11 is 0. The van der Waals surface area contributed by atoms with Gasteiger partial charge in [0.05, 0.1) is 26.5 Å². The number of H-pyrrole nitrogens is 1. The quantitative estimate of drug-likeness (QED) is 0.700. The lowest BCUT2D eigenvalue weighted by atomic mass is 9.91. The van der Waals surface area contributed by atoms with Crippen molar-refractivity contribution in [2.75, 3.05) is 20.8 Å². The molecule has 4 nitrogen and oxygen atoms in total. The second kappa shape index (κ2) is 7.65. The number of rotatable bonds is 6. The Labute approximate surface area is 160 Å². The van der Waals surface area contributed by atoms with Crippen molar-refractivity contribution in [1.29, 1.82) is 0 Å². The molecule has 0 unspecified atom stereocenters. The molecule has 27 heavy (non-hydrogen) atoms. The van der Waals surface area contributed by atoms with E-state index in [-0.39, 0.29) is 0 Å². The molecule has 0 bridgehead atoms. The molecule has 0 saturated heterocycles. The lowest BCUT2D eigenvalue weighted by molar-refractivity contribution is -0.697. The van der Waals surface area contributed by atoms with E-state index in [9.17, 15) is 0 Å². The molecule has 2 aromatic carbocycles. The Bertz CT molecular complexity index is 945. The minimum atomic E-state index is 0.529. The third-order valence-electron chi connectivity index (χ3n) is 5.74. The highest BCUT2D eigenvalue weighted by Gasteiger charge is 2.26. The van der Waals surface area contributed by atoms with Crippen molar-refractivity contribution in [3.8, 4) is 11.5 Å². The van der Waals surface area contributed by atoms with E-state index in [4.69, 9.17) is 9.47 Å². The van der Waals surface area contributed by atoms with Crippen molar-refractivity contribution in [3.05, 3.63) is 58.8 Å². The minimum absolute atomic E-state index is 0.529. The van der Waals surface area contributed by atoms with Crippen molar-refractivity contribution in [3.63, 3.8) is 0 Å². The lowest BCUT2D eigenvalue weighted by Gasteiger charge is -2.21. The van der Waals surface area contributed by atoms with Gasteiger partial charge in [-0.15, -0.1) is 0 Å². The zero-order valence-electron chi connectivity index (χ0n) is 16.5. The Morgan fingerprint density at radius 2 is 1.93 bits per heavy atom. The van der Waals surface area contributed by atoms with E-state index in [1.807, 2.05) is 6.07 Å². The van der Waals surface area contributed by atoms with Gasteiger partial charge in [-0.25, -0.2) is 0 Å². The summed E-state index contributed by atoms with van der Waals surface area (Å²) in [4.78, 5) is 3.71. The molecule has 0 aliphatic heterocycles. The number of benzene rings is 2. The zero-order valence-corrected chi connectivity index (χ0v) is 16.5. The summed E-state index contributed by atoms with van der Waals surface area (Å²) in [6.45, 7) is 3.24. The molecule has 3 aromatic rings. The van der Waals surface area contributed by atoms with Crippen molar-refractivity contribution in [2.45, 2.75) is 38.6 Å². The predicted octanol–water partition coefficient (Wildman–Crippen LogP) is 3.68. The Morgan fingerprint density at radius 3 is 2.74 bits per heavy atom. The maximum Gasteiger partial charge on any atom is 0.160 e.